The Bertz CT molecular complexity index is 1380. The molecule has 1 saturated heterocycles. The smallest absolute Gasteiger partial charge is 0.459 e. The molecule has 1 aliphatic heterocycles. The highest BCUT2D eigenvalue weighted by Crippen LogP contribution is 2.54. The van der Waals surface area contributed by atoms with Crippen LogP contribution in [0.15, 0.2) is 24.3 Å². The van der Waals surface area contributed by atoms with E-state index in [1.165, 1.54) is 49.9 Å². The number of nitro groups is 1. The minimum absolute atomic E-state index is 0.0198. The first-order valence-electron chi connectivity index (χ1n) is 18.2. The van der Waals surface area contributed by atoms with Gasteiger partial charge in [-0.1, -0.05) is 5.06 Å². The molecule has 0 aromatic heterocycles. The lowest BCUT2D eigenvalue weighted by Gasteiger charge is -2.16. The third kappa shape index (κ3) is 10.7. The molecule has 13 nitrogen and oxygen atoms in total. The van der Waals surface area contributed by atoms with Gasteiger partial charge in [0, 0.05) is 62.2 Å². The largest absolute Gasteiger partial charge is 0.534 e. The summed E-state index contributed by atoms with van der Waals surface area (Å²) in [7, 11) is 0. The van der Waals surface area contributed by atoms with Crippen LogP contribution >= 0.6 is 37.2 Å². The highest BCUT2D eigenvalue weighted by Gasteiger charge is 2.49. The molecule has 2 N–H and O–H groups in total. The minimum atomic E-state index is -0.945. The van der Waals surface area contributed by atoms with Gasteiger partial charge in [0.2, 0.25) is 0 Å². The molecule has 1 aromatic carbocycles. The zero-order valence-electron chi connectivity index (χ0n) is 28.4. The molecule has 4 unspecified atom stereocenters. The maximum Gasteiger partial charge on any atom is 0.534 e. The van der Waals surface area contributed by atoms with E-state index in [0.717, 1.165) is 86.9 Å². The predicted octanol–water partition coefficient (Wildman–Crippen LogP) is 6.88. The van der Waals surface area contributed by atoms with Gasteiger partial charge < -0.3 is 19.7 Å². The summed E-state index contributed by atoms with van der Waals surface area (Å²) in [5.41, 5.74) is 0.356. The fourth-order valence-electron chi connectivity index (χ4n) is 8.71. The zero-order valence-corrected chi connectivity index (χ0v) is 32.7. The minimum Gasteiger partial charge on any atom is -0.459 e. The van der Waals surface area contributed by atoms with Crippen molar-refractivity contribution in [2.45, 2.75) is 114 Å². The number of ether oxygens (including phenoxy) is 2. The average Bonchev–Trinajstić information content (AvgIpc) is 4.09. The van der Waals surface area contributed by atoms with E-state index in [4.69, 9.17) is 19.7 Å². The number of aliphatic hydroxyl groups is 2. The summed E-state index contributed by atoms with van der Waals surface area (Å²) in [6, 6.07) is 5.53. The van der Waals surface area contributed by atoms with Gasteiger partial charge in [0.1, 0.15) is 12.2 Å². The fraction of sp³-hybridized carbons (Fsp3) is 0.722. The number of carbonyl (C=O) groups is 4. The van der Waals surface area contributed by atoms with Gasteiger partial charge in [-0.25, -0.2) is 9.59 Å². The molecule has 12 atom stereocenters. The molecular formula is C36H46I2N2O11. The van der Waals surface area contributed by atoms with Crippen LogP contribution in [0.1, 0.15) is 100 Å². The molecule has 0 spiro atoms. The van der Waals surface area contributed by atoms with Crippen LogP contribution in [0.25, 0.3) is 0 Å². The molecule has 1 heterocycles. The van der Waals surface area contributed by atoms with E-state index in [-0.39, 0.29) is 48.9 Å². The lowest BCUT2D eigenvalue weighted by atomic mass is 10.2. The number of amides is 2. The van der Waals surface area contributed by atoms with Crippen LogP contribution in [-0.4, -0.2) is 68.6 Å². The highest BCUT2D eigenvalue weighted by molar-refractivity contribution is 15.0. The second-order valence-corrected chi connectivity index (χ2v) is 15.7. The molecule has 15 heteroatoms. The van der Waals surface area contributed by atoms with Crippen molar-refractivity contribution in [1.82, 2.24) is 5.06 Å². The number of hydrogen-bond donors (Lipinski definition) is 2. The molecule has 8 saturated carbocycles. The number of rotatable bonds is 5. The number of imide groups is 1. The number of hydroxylamine groups is 2. The van der Waals surface area contributed by atoms with Crippen LogP contribution in [0.3, 0.4) is 0 Å². The van der Waals surface area contributed by atoms with E-state index in [1.807, 2.05) is 0 Å². The summed E-state index contributed by atoms with van der Waals surface area (Å²) in [4.78, 5) is 60.2. The van der Waals surface area contributed by atoms with E-state index in [0.29, 0.717) is 22.5 Å². The maximum absolute atomic E-state index is 11.8. The van der Waals surface area contributed by atoms with E-state index in [2.05, 4.69) is 42.1 Å². The monoisotopic (exact) mass is 936 g/mol. The Morgan fingerprint density at radius 2 is 1.02 bits per heavy atom. The molecule has 0 bridgehead atoms. The SMILES string of the molecule is II.O=C(OC1C[C@@H]2C[C@@H]2C1)ON1C(=O)CCC1=O.O=C(OC1C[C@@H]2C[C@@H]2C1)c1ccc([N+](=O)[O-])cc1.OC1C[C@@H]2C[C@@H]2C1.OC1C[C@@H]2C[C@@H]2C1. The first-order valence-corrected chi connectivity index (χ1v) is 24.5. The first kappa shape index (κ1) is 38.6. The standard InChI is InChI=1S/C13H13NO4.C11H13NO5.2C6H10O.I2/c15-13(18-12-6-9-5-10(9)7-12)8-1-3-11(4-2-8)14(16)17;13-9-1-2-10(14)12(9)17-11(15)16-8-4-6-3-7(6)5-8;2*7-6-2-4-1-5(4)3-6;1-2/h1-4,9-10,12H,5-7H2;6-8H,1-5H2;2*4-7H,1-3H2;/t9-,10+,12?;6-,7+,8?;2*4-,5+,6?;. The highest BCUT2D eigenvalue weighted by atomic mass is 128. The van der Waals surface area contributed by atoms with Crippen molar-refractivity contribution in [2.75, 3.05) is 0 Å². The second kappa shape index (κ2) is 16.9. The van der Waals surface area contributed by atoms with Crippen LogP contribution < -0.4 is 0 Å². The summed E-state index contributed by atoms with van der Waals surface area (Å²) in [5, 5.41) is 28.9. The Morgan fingerprint density at radius 1 is 0.647 bits per heavy atom. The Balaban J connectivity index is 0.000000124. The number of nitrogens with zero attached hydrogens (tertiary/aromatic N) is 2. The van der Waals surface area contributed by atoms with Gasteiger partial charge >= 0.3 is 12.1 Å². The Hall–Kier alpha value is -2.12. The van der Waals surface area contributed by atoms with E-state index in [1.54, 1.807) is 0 Å². The molecule has 280 valence electrons. The number of non-ortho nitro benzene ring substituents is 1. The molecule has 1 aromatic rings. The average molecular weight is 937 g/mol. The van der Waals surface area contributed by atoms with Crippen LogP contribution in [-0.2, 0) is 23.9 Å². The lowest BCUT2D eigenvalue weighted by molar-refractivity contribution is -0.384. The van der Waals surface area contributed by atoms with Gasteiger partial charge in [-0.15, -0.1) is 0 Å². The number of carbonyl (C=O) groups excluding carboxylic acids is 4. The van der Waals surface area contributed by atoms with E-state index < -0.39 is 22.9 Å². The molecule has 9 fully saturated rings. The van der Waals surface area contributed by atoms with Gasteiger partial charge in [0.15, 0.2) is 0 Å². The van der Waals surface area contributed by atoms with E-state index >= 15 is 0 Å². The fourth-order valence-corrected chi connectivity index (χ4v) is 8.71. The quantitative estimate of drug-likeness (QED) is 0.103. The lowest BCUT2D eigenvalue weighted by Crippen LogP contribution is -2.33. The van der Waals surface area contributed by atoms with Gasteiger partial charge in [-0.2, -0.15) is 0 Å². The zero-order chi connectivity index (χ0) is 36.4. The van der Waals surface area contributed by atoms with Gasteiger partial charge in [0.05, 0.1) is 22.7 Å². The number of hydrogen-bond acceptors (Lipinski definition) is 11. The number of aliphatic hydroxyl groups excluding tert-OH is 2. The summed E-state index contributed by atoms with van der Waals surface area (Å²) < 4.78 is 10.5. The first-order chi connectivity index (χ1) is 24.5. The molecule has 0 radical (unpaired) electrons. The number of halogens is 2. The second-order valence-electron chi connectivity index (χ2n) is 15.7. The van der Waals surface area contributed by atoms with Gasteiger partial charge in [-0.3, -0.25) is 24.5 Å². The Morgan fingerprint density at radius 3 is 1.37 bits per heavy atom. The molecule has 51 heavy (non-hydrogen) atoms. The molecular weight excluding hydrogens is 890 g/mol. The van der Waals surface area contributed by atoms with E-state index in [9.17, 15) is 29.3 Å². The van der Waals surface area contributed by atoms with Crippen molar-refractivity contribution in [3.05, 3.63) is 39.9 Å². The summed E-state index contributed by atoms with van der Waals surface area (Å²) in [6.45, 7) is 0. The van der Waals surface area contributed by atoms with Crippen molar-refractivity contribution in [3.8, 4) is 0 Å². The van der Waals surface area contributed by atoms with Crippen LogP contribution in [0.4, 0.5) is 10.5 Å². The third-order valence-corrected chi connectivity index (χ3v) is 11.9. The van der Waals surface area contributed by atoms with Crippen LogP contribution in [0, 0.1) is 57.5 Å². The molecule has 8 aliphatic carbocycles. The van der Waals surface area contributed by atoms with Gasteiger partial charge in [-0.05, 0) is 137 Å². The summed E-state index contributed by atoms with van der Waals surface area (Å²) in [6.07, 6.45) is 12.8. The van der Waals surface area contributed by atoms with Crippen molar-refractivity contribution in [2.24, 2.45) is 47.3 Å². The normalized spacial score (nSPS) is 37.5. The molecule has 2 amide bonds. The summed E-state index contributed by atoms with van der Waals surface area (Å²) >= 11 is 4.24. The molecule has 9 aliphatic rings. The van der Waals surface area contributed by atoms with Crippen LogP contribution in [0.5, 0.6) is 0 Å². The topological polar surface area (TPSA) is 183 Å². The Kier molecular flexibility index (Phi) is 12.8. The number of esters is 1. The van der Waals surface area contributed by atoms with Crippen molar-refractivity contribution < 1.29 is 48.6 Å². The number of nitro benzene ring substituents is 1. The molecule has 10 rings (SSSR count). The summed E-state index contributed by atoms with van der Waals surface area (Å²) in [5.74, 6) is 5.33. The Labute approximate surface area is 320 Å². The number of benzene rings is 1. The maximum atomic E-state index is 11.8. The third-order valence-electron chi connectivity index (χ3n) is 11.9. The van der Waals surface area contributed by atoms with Crippen molar-refractivity contribution >= 4 is 66.9 Å². The predicted molar refractivity (Wildman–Crippen MR) is 198 cm³/mol. The van der Waals surface area contributed by atoms with Gasteiger partial charge in [0.25, 0.3) is 17.5 Å². The number of fused-ring (bicyclic) bond motifs is 4. The van der Waals surface area contributed by atoms with Crippen molar-refractivity contribution in [1.29, 1.82) is 0 Å². The van der Waals surface area contributed by atoms with Crippen LogP contribution in [0.2, 0.25) is 0 Å². The van der Waals surface area contributed by atoms with Crippen molar-refractivity contribution in [3.63, 3.8) is 0 Å².